The molecule has 4 nitrogen and oxygen atoms in total. The van der Waals surface area contributed by atoms with Crippen molar-refractivity contribution < 1.29 is 14.7 Å². The summed E-state index contributed by atoms with van der Waals surface area (Å²) in [7, 11) is 0. The van der Waals surface area contributed by atoms with Crippen LogP contribution in [0.2, 0.25) is 5.02 Å². The van der Waals surface area contributed by atoms with Crippen LogP contribution in [-0.2, 0) is 4.79 Å². The van der Waals surface area contributed by atoms with Crippen LogP contribution in [0.5, 0.6) is 0 Å². The SMILES string of the molecule is CC1C(C(=O)Nc2ccc(Cl)c(C(=O)O)c2)C1(Cl)Cl. The number of carboxylic acid groups (broad SMARTS) is 1. The lowest BCUT2D eigenvalue weighted by Crippen LogP contribution is -2.17. The van der Waals surface area contributed by atoms with E-state index in [9.17, 15) is 9.59 Å². The van der Waals surface area contributed by atoms with E-state index >= 15 is 0 Å². The zero-order valence-corrected chi connectivity index (χ0v) is 12.1. The molecule has 0 saturated heterocycles. The van der Waals surface area contributed by atoms with Crippen LogP contribution in [0, 0.1) is 11.8 Å². The van der Waals surface area contributed by atoms with E-state index < -0.39 is 16.2 Å². The number of aromatic carboxylic acids is 1. The minimum absolute atomic E-state index is 0.0775. The zero-order valence-electron chi connectivity index (χ0n) is 9.78. The number of nitrogens with one attached hydrogen (secondary N) is 1. The Morgan fingerprint density at radius 3 is 2.42 bits per heavy atom. The van der Waals surface area contributed by atoms with E-state index in [1.54, 1.807) is 6.92 Å². The van der Waals surface area contributed by atoms with Gasteiger partial charge in [0.05, 0.1) is 16.5 Å². The zero-order chi connectivity index (χ0) is 14.4. The molecular weight excluding hydrogens is 312 g/mol. The highest BCUT2D eigenvalue weighted by Crippen LogP contribution is 2.59. The highest BCUT2D eigenvalue weighted by molar-refractivity contribution is 6.53. The molecule has 2 unspecified atom stereocenters. The lowest BCUT2D eigenvalue weighted by atomic mass is 10.2. The maximum absolute atomic E-state index is 11.9. The molecule has 1 aromatic rings. The van der Waals surface area contributed by atoms with Crippen molar-refractivity contribution in [3.8, 4) is 0 Å². The van der Waals surface area contributed by atoms with Crippen molar-refractivity contribution in [2.75, 3.05) is 5.32 Å². The molecular formula is C12H10Cl3NO3. The molecule has 102 valence electrons. The van der Waals surface area contributed by atoms with Gasteiger partial charge in [0, 0.05) is 11.6 Å². The van der Waals surface area contributed by atoms with E-state index in [1.165, 1.54) is 18.2 Å². The van der Waals surface area contributed by atoms with Crippen molar-refractivity contribution in [3.63, 3.8) is 0 Å². The van der Waals surface area contributed by atoms with Crippen molar-refractivity contribution in [2.24, 2.45) is 11.8 Å². The van der Waals surface area contributed by atoms with E-state index in [-0.39, 0.29) is 22.4 Å². The molecule has 2 rings (SSSR count). The predicted molar refractivity (Wildman–Crippen MR) is 74.1 cm³/mol. The summed E-state index contributed by atoms with van der Waals surface area (Å²) in [5.41, 5.74) is 0.265. The van der Waals surface area contributed by atoms with E-state index in [0.29, 0.717) is 5.69 Å². The van der Waals surface area contributed by atoms with Gasteiger partial charge in [-0.05, 0) is 18.2 Å². The average Bonchev–Trinajstić information content (AvgIpc) is 2.80. The van der Waals surface area contributed by atoms with Gasteiger partial charge in [-0.2, -0.15) is 0 Å². The largest absolute Gasteiger partial charge is 0.478 e. The minimum Gasteiger partial charge on any atom is -0.478 e. The van der Waals surface area contributed by atoms with E-state index in [1.807, 2.05) is 0 Å². The van der Waals surface area contributed by atoms with Crippen molar-refractivity contribution in [2.45, 2.75) is 11.3 Å². The molecule has 0 aliphatic heterocycles. The second-order valence-corrected chi connectivity index (χ2v) is 6.28. The van der Waals surface area contributed by atoms with Crippen LogP contribution >= 0.6 is 34.8 Å². The number of carbonyl (C=O) groups excluding carboxylic acids is 1. The van der Waals surface area contributed by atoms with Gasteiger partial charge in [-0.3, -0.25) is 4.79 Å². The fraction of sp³-hybridized carbons (Fsp3) is 0.333. The third kappa shape index (κ3) is 2.66. The van der Waals surface area contributed by atoms with Gasteiger partial charge >= 0.3 is 5.97 Å². The van der Waals surface area contributed by atoms with E-state index in [4.69, 9.17) is 39.9 Å². The molecule has 0 bridgehead atoms. The normalized spacial score (nSPS) is 23.8. The fourth-order valence-electron chi connectivity index (χ4n) is 1.87. The topological polar surface area (TPSA) is 66.4 Å². The summed E-state index contributed by atoms with van der Waals surface area (Å²) in [6.07, 6.45) is 0. The highest BCUT2D eigenvalue weighted by atomic mass is 35.5. The van der Waals surface area contributed by atoms with Crippen LogP contribution in [0.15, 0.2) is 18.2 Å². The third-order valence-corrected chi connectivity index (χ3v) is 4.65. The second-order valence-electron chi connectivity index (χ2n) is 4.43. The van der Waals surface area contributed by atoms with Gasteiger partial charge < -0.3 is 10.4 Å². The second kappa shape index (κ2) is 4.85. The fourth-order valence-corrected chi connectivity index (χ4v) is 2.77. The Bertz CT molecular complexity index is 559. The van der Waals surface area contributed by atoms with Crippen LogP contribution < -0.4 is 5.32 Å². The number of hydrogen-bond acceptors (Lipinski definition) is 2. The van der Waals surface area contributed by atoms with Crippen LogP contribution in [-0.4, -0.2) is 21.3 Å². The number of carbonyl (C=O) groups is 2. The molecule has 0 spiro atoms. The van der Waals surface area contributed by atoms with Crippen LogP contribution in [0.4, 0.5) is 5.69 Å². The molecule has 19 heavy (non-hydrogen) atoms. The summed E-state index contributed by atoms with van der Waals surface area (Å²) in [5, 5.41) is 11.6. The van der Waals surface area contributed by atoms with Crippen LogP contribution in [0.3, 0.4) is 0 Å². The first-order valence-corrected chi connectivity index (χ1v) is 6.60. The quantitative estimate of drug-likeness (QED) is 0.838. The maximum Gasteiger partial charge on any atom is 0.337 e. The molecule has 0 aromatic heterocycles. The number of amides is 1. The van der Waals surface area contributed by atoms with E-state index in [0.717, 1.165) is 0 Å². The standard InChI is InChI=1S/C12H10Cl3NO3/c1-5-9(12(5,14)15)10(17)16-6-2-3-8(13)7(4-6)11(18)19/h2-5,9H,1H3,(H,16,17)(H,18,19). The van der Waals surface area contributed by atoms with Crippen molar-refractivity contribution in [1.29, 1.82) is 0 Å². The first-order chi connectivity index (χ1) is 8.75. The molecule has 0 heterocycles. The Morgan fingerprint density at radius 1 is 1.37 bits per heavy atom. The van der Waals surface area contributed by atoms with Crippen LogP contribution in [0.1, 0.15) is 17.3 Å². The van der Waals surface area contributed by atoms with Crippen molar-refractivity contribution in [1.82, 2.24) is 0 Å². The van der Waals surface area contributed by atoms with Crippen LogP contribution in [0.25, 0.3) is 0 Å². The first kappa shape index (κ1) is 14.4. The molecule has 1 aliphatic rings. The summed E-state index contributed by atoms with van der Waals surface area (Å²) in [4.78, 5) is 22.8. The number of benzene rings is 1. The third-order valence-electron chi connectivity index (χ3n) is 3.16. The number of alkyl halides is 2. The highest BCUT2D eigenvalue weighted by Gasteiger charge is 2.64. The van der Waals surface area contributed by atoms with Gasteiger partial charge in [0.25, 0.3) is 0 Å². The summed E-state index contributed by atoms with van der Waals surface area (Å²) >= 11 is 17.6. The number of halogens is 3. The van der Waals surface area contributed by atoms with Gasteiger partial charge in [-0.1, -0.05) is 18.5 Å². The molecule has 1 aromatic carbocycles. The summed E-state index contributed by atoms with van der Waals surface area (Å²) in [6.45, 7) is 1.77. The Kier molecular flexibility index (Phi) is 3.69. The number of hydrogen-bond donors (Lipinski definition) is 2. The average molecular weight is 323 g/mol. The van der Waals surface area contributed by atoms with Crippen molar-refractivity contribution >= 4 is 52.4 Å². The molecule has 2 atom stereocenters. The molecule has 1 fully saturated rings. The molecule has 1 aliphatic carbocycles. The summed E-state index contributed by atoms with van der Waals surface area (Å²) in [6, 6.07) is 4.22. The van der Waals surface area contributed by atoms with E-state index in [2.05, 4.69) is 5.32 Å². The number of rotatable bonds is 3. The predicted octanol–water partition coefficient (Wildman–Crippen LogP) is 3.42. The van der Waals surface area contributed by atoms with Gasteiger partial charge in [0.2, 0.25) is 5.91 Å². The molecule has 1 saturated carbocycles. The maximum atomic E-state index is 11.9. The number of carboxylic acids is 1. The molecule has 7 heteroatoms. The van der Waals surface area contributed by atoms with Gasteiger partial charge in [-0.15, -0.1) is 23.2 Å². The van der Waals surface area contributed by atoms with Gasteiger partial charge in [0.15, 0.2) is 0 Å². The lowest BCUT2D eigenvalue weighted by Gasteiger charge is -2.07. The Morgan fingerprint density at radius 2 is 1.95 bits per heavy atom. The summed E-state index contributed by atoms with van der Waals surface area (Å²) in [5.74, 6) is -2.14. The monoisotopic (exact) mass is 321 g/mol. The Labute approximate surface area is 124 Å². The van der Waals surface area contributed by atoms with Gasteiger partial charge in [-0.25, -0.2) is 4.79 Å². The number of anilines is 1. The first-order valence-electron chi connectivity index (χ1n) is 5.46. The summed E-state index contributed by atoms with van der Waals surface area (Å²) < 4.78 is -1.05. The molecule has 0 radical (unpaired) electrons. The molecule has 1 amide bonds. The van der Waals surface area contributed by atoms with Crippen molar-refractivity contribution in [3.05, 3.63) is 28.8 Å². The molecule has 2 N–H and O–H groups in total. The Balaban J connectivity index is 2.15. The minimum atomic E-state index is -1.16. The van der Waals surface area contributed by atoms with Gasteiger partial charge in [0.1, 0.15) is 4.33 Å². The lowest BCUT2D eigenvalue weighted by molar-refractivity contribution is -0.117. The Hall–Kier alpha value is -0.970. The smallest absolute Gasteiger partial charge is 0.337 e.